The summed E-state index contributed by atoms with van der Waals surface area (Å²) in [6.07, 6.45) is -2.45. The van der Waals surface area contributed by atoms with Gasteiger partial charge in [-0.25, -0.2) is 4.68 Å². The van der Waals surface area contributed by atoms with Crippen LogP contribution in [0.15, 0.2) is 48.5 Å². The molecular weight excluding hydrogens is 419 g/mol. The van der Waals surface area contributed by atoms with E-state index < -0.39 is 17.8 Å². The SMILES string of the molecule is COc1ccc(Cn2nnnc2C(c2cccc(C(F)(F)F)c2)N2CCC(C)CC2)cc1. The van der Waals surface area contributed by atoms with Gasteiger partial charge >= 0.3 is 6.18 Å². The van der Waals surface area contributed by atoms with Gasteiger partial charge in [-0.15, -0.1) is 5.10 Å². The van der Waals surface area contributed by atoms with Crippen LogP contribution in [0.4, 0.5) is 13.2 Å². The van der Waals surface area contributed by atoms with Crippen molar-refractivity contribution in [1.29, 1.82) is 0 Å². The highest BCUT2D eigenvalue weighted by Gasteiger charge is 2.34. The fourth-order valence-electron chi connectivity index (χ4n) is 4.12. The van der Waals surface area contributed by atoms with E-state index in [-0.39, 0.29) is 0 Å². The smallest absolute Gasteiger partial charge is 0.416 e. The van der Waals surface area contributed by atoms with Gasteiger partial charge in [0, 0.05) is 0 Å². The van der Waals surface area contributed by atoms with Crippen LogP contribution in [0.5, 0.6) is 5.75 Å². The highest BCUT2D eigenvalue weighted by molar-refractivity contribution is 5.32. The van der Waals surface area contributed by atoms with Crippen molar-refractivity contribution < 1.29 is 17.9 Å². The molecule has 1 aromatic heterocycles. The normalized spacial score (nSPS) is 16.8. The molecule has 6 nitrogen and oxygen atoms in total. The molecule has 0 spiro atoms. The van der Waals surface area contributed by atoms with E-state index in [1.807, 2.05) is 24.3 Å². The molecule has 32 heavy (non-hydrogen) atoms. The van der Waals surface area contributed by atoms with Crippen molar-refractivity contribution in [3.05, 3.63) is 71.0 Å². The molecule has 1 unspecified atom stereocenters. The van der Waals surface area contributed by atoms with Gasteiger partial charge in [0.15, 0.2) is 5.82 Å². The number of rotatable bonds is 6. The van der Waals surface area contributed by atoms with Gasteiger partial charge in [0.1, 0.15) is 5.75 Å². The number of methoxy groups -OCH3 is 1. The molecule has 1 saturated heterocycles. The molecule has 1 fully saturated rings. The Morgan fingerprint density at radius 1 is 1.09 bits per heavy atom. The summed E-state index contributed by atoms with van der Waals surface area (Å²) < 4.78 is 47.2. The summed E-state index contributed by atoms with van der Waals surface area (Å²) in [5.41, 5.74) is 0.842. The molecular formula is C23H26F3N5O. The number of nitrogens with zero attached hydrogens (tertiary/aromatic N) is 5. The Labute approximate surface area is 185 Å². The summed E-state index contributed by atoms with van der Waals surface area (Å²) in [5, 5.41) is 12.3. The second-order valence-electron chi connectivity index (χ2n) is 8.29. The van der Waals surface area contributed by atoms with Gasteiger partial charge in [-0.1, -0.05) is 31.2 Å². The van der Waals surface area contributed by atoms with Crippen LogP contribution in [0.3, 0.4) is 0 Å². The number of hydrogen-bond acceptors (Lipinski definition) is 5. The van der Waals surface area contributed by atoms with Crippen LogP contribution >= 0.6 is 0 Å². The molecule has 9 heteroatoms. The lowest BCUT2D eigenvalue weighted by molar-refractivity contribution is -0.137. The number of benzene rings is 2. The minimum Gasteiger partial charge on any atom is -0.497 e. The highest BCUT2D eigenvalue weighted by atomic mass is 19.4. The number of tetrazole rings is 1. The Morgan fingerprint density at radius 3 is 2.47 bits per heavy atom. The number of alkyl halides is 3. The largest absolute Gasteiger partial charge is 0.497 e. The summed E-state index contributed by atoms with van der Waals surface area (Å²) in [6, 6.07) is 12.6. The van der Waals surface area contributed by atoms with E-state index in [4.69, 9.17) is 4.74 Å². The quantitative estimate of drug-likeness (QED) is 0.556. The highest BCUT2D eigenvalue weighted by Crippen LogP contribution is 2.35. The Bertz CT molecular complexity index is 1030. The maximum Gasteiger partial charge on any atom is 0.416 e. The van der Waals surface area contributed by atoms with Crippen molar-refractivity contribution >= 4 is 0 Å². The predicted octanol–water partition coefficient (Wildman–Crippen LogP) is 4.57. The molecule has 0 amide bonds. The van der Waals surface area contributed by atoms with Gasteiger partial charge in [0.25, 0.3) is 0 Å². The third kappa shape index (κ3) is 4.93. The van der Waals surface area contributed by atoms with Crippen LogP contribution in [0.1, 0.15) is 48.3 Å². The standard InChI is InChI=1S/C23H26F3N5O/c1-16-10-12-30(13-11-16)21(18-4-3-5-19(14-18)23(24,25)26)22-27-28-29-31(22)15-17-6-8-20(32-2)9-7-17/h3-9,14,16,21H,10-13,15H2,1-2H3. The van der Waals surface area contributed by atoms with Crippen LogP contribution in [0.2, 0.25) is 0 Å². The molecule has 0 aliphatic carbocycles. The van der Waals surface area contributed by atoms with Gasteiger partial charge in [-0.3, -0.25) is 4.90 Å². The van der Waals surface area contributed by atoms with E-state index in [0.29, 0.717) is 23.9 Å². The summed E-state index contributed by atoms with van der Waals surface area (Å²) in [7, 11) is 1.60. The van der Waals surface area contributed by atoms with E-state index in [1.165, 1.54) is 12.1 Å². The molecule has 0 N–H and O–H groups in total. The monoisotopic (exact) mass is 445 g/mol. The van der Waals surface area contributed by atoms with Gasteiger partial charge in [0.2, 0.25) is 0 Å². The van der Waals surface area contributed by atoms with Crippen molar-refractivity contribution in [1.82, 2.24) is 25.1 Å². The van der Waals surface area contributed by atoms with Crippen LogP contribution in [0.25, 0.3) is 0 Å². The molecule has 2 aromatic carbocycles. The van der Waals surface area contributed by atoms with Crippen molar-refractivity contribution in [3.8, 4) is 5.75 Å². The fourth-order valence-corrected chi connectivity index (χ4v) is 4.12. The van der Waals surface area contributed by atoms with E-state index >= 15 is 0 Å². The molecule has 2 heterocycles. The number of piperidine rings is 1. The Kier molecular flexibility index (Phi) is 6.45. The Hall–Kier alpha value is -2.94. The molecule has 3 aromatic rings. The third-order valence-corrected chi connectivity index (χ3v) is 6.01. The fraction of sp³-hybridized carbons (Fsp3) is 0.435. The van der Waals surface area contributed by atoms with Crippen molar-refractivity contribution in [2.24, 2.45) is 5.92 Å². The van der Waals surface area contributed by atoms with Crippen LogP contribution in [-0.4, -0.2) is 45.3 Å². The summed E-state index contributed by atoms with van der Waals surface area (Å²) in [4.78, 5) is 2.19. The van der Waals surface area contributed by atoms with Crippen LogP contribution < -0.4 is 4.74 Å². The molecule has 1 atom stereocenters. The maximum atomic E-state index is 13.4. The molecule has 170 valence electrons. The number of halogens is 3. The maximum absolute atomic E-state index is 13.4. The van der Waals surface area contributed by atoms with Gasteiger partial charge in [-0.2, -0.15) is 13.2 Å². The lowest BCUT2D eigenvalue weighted by Gasteiger charge is -2.36. The summed E-state index contributed by atoms with van der Waals surface area (Å²) >= 11 is 0. The van der Waals surface area contributed by atoms with Crippen LogP contribution in [-0.2, 0) is 12.7 Å². The molecule has 0 radical (unpaired) electrons. The van der Waals surface area contributed by atoms with Gasteiger partial charge < -0.3 is 4.74 Å². The summed E-state index contributed by atoms with van der Waals surface area (Å²) in [5.74, 6) is 1.87. The zero-order valence-electron chi connectivity index (χ0n) is 18.1. The van der Waals surface area contributed by atoms with Crippen LogP contribution in [0, 0.1) is 5.92 Å². The zero-order chi connectivity index (χ0) is 22.7. The zero-order valence-corrected chi connectivity index (χ0v) is 18.1. The number of ether oxygens (including phenoxy) is 1. The minimum absolute atomic E-state index is 0.409. The average molecular weight is 445 g/mol. The molecule has 0 bridgehead atoms. The molecule has 4 rings (SSSR count). The topological polar surface area (TPSA) is 56.1 Å². The Morgan fingerprint density at radius 2 is 1.81 bits per heavy atom. The minimum atomic E-state index is -4.41. The third-order valence-electron chi connectivity index (χ3n) is 6.01. The first kappa shape index (κ1) is 22.3. The van der Waals surface area contributed by atoms with E-state index in [9.17, 15) is 13.2 Å². The first-order chi connectivity index (χ1) is 15.3. The number of likely N-dealkylation sites (tertiary alicyclic amines) is 1. The van der Waals surface area contributed by atoms with Gasteiger partial charge in [0.05, 0.1) is 25.3 Å². The number of hydrogen-bond donors (Lipinski definition) is 0. The number of aromatic nitrogens is 4. The second kappa shape index (κ2) is 9.28. The predicted molar refractivity (Wildman–Crippen MR) is 113 cm³/mol. The van der Waals surface area contributed by atoms with E-state index in [2.05, 4.69) is 27.3 Å². The van der Waals surface area contributed by atoms with E-state index in [0.717, 1.165) is 43.3 Å². The molecule has 1 aliphatic rings. The van der Waals surface area contributed by atoms with E-state index in [1.54, 1.807) is 17.9 Å². The Balaban J connectivity index is 1.70. The average Bonchev–Trinajstić information content (AvgIpc) is 3.23. The van der Waals surface area contributed by atoms with Gasteiger partial charge in [-0.05, 0) is 77.7 Å². The second-order valence-corrected chi connectivity index (χ2v) is 8.29. The first-order valence-corrected chi connectivity index (χ1v) is 10.7. The van der Waals surface area contributed by atoms with Crippen molar-refractivity contribution in [3.63, 3.8) is 0 Å². The molecule has 1 aliphatic heterocycles. The molecule has 0 saturated carbocycles. The van der Waals surface area contributed by atoms with Crippen molar-refractivity contribution in [2.75, 3.05) is 20.2 Å². The lowest BCUT2D eigenvalue weighted by atomic mass is 9.94. The lowest BCUT2D eigenvalue weighted by Crippen LogP contribution is -2.38. The first-order valence-electron chi connectivity index (χ1n) is 10.7. The van der Waals surface area contributed by atoms with Crippen molar-refractivity contribution in [2.45, 2.75) is 38.5 Å². The summed E-state index contributed by atoms with van der Waals surface area (Å²) in [6.45, 7) is 4.16.